The molecular formula is C21H23N3O4S. The molecule has 0 aliphatic carbocycles. The highest BCUT2D eigenvalue weighted by molar-refractivity contribution is 8.13. The fourth-order valence-electron chi connectivity index (χ4n) is 2.97. The molecule has 1 atom stereocenters. The molecule has 1 unspecified atom stereocenters. The summed E-state index contributed by atoms with van der Waals surface area (Å²) in [7, 11) is 4.93. The van der Waals surface area contributed by atoms with Crippen molar-refractivity contribution < 1.29 is 19.1 Å². The second-order valence-corrected chi connectivity index (χ2v) is 7.84. The van der Waals surface area contributed by atoms with Crippen molar-refractivity contribution in [2.24, 2.45) is 5.92 Å². The molecule has 2 aromatic rings. The van der Waals surface area contributed by atoms with Crippen molar-refractivity contribution in [3.05, 3.63) is 48.5 Å². The van der Waals surface area contributed by atoms with Gasteiger partial charge in [-0.3, -0.25) is 14.4 Å². The number of amides is 3. The topological polar surface area (TPSA) is 79.0 Å². The van der Waals surface area contributed by atoms with Gasteiger partial charge in [0.05, 0.1) is 18.7 Å². The predicted molar refractivity (Wildman–Crippen MR) is 113 cm³/mol. The molecule has 2 aromatic carbocycles. The van der Waals surface area contributed by atoms with Crippen LogP contribution >= 0.6 is 11.8 Å². The van der Waals surface area contributed by atoms with Crippen LogP contribution in [0.25, 0.3) is 0 Å². The Morgan fingerprint density at radius 1 is 1.14 bits per heavy atom. The van der Waals surface area contributed by atoms with Crippen molar-refractivity contribution in [3.8, 4) is 5.75 Å². The highest BCUT2D eigenvalue weighted by atomic mass is 32.2. The lowest BCUT2D eigenvalue weighted by Crippen LogP contribution is -2.28. The molecule has 0 aromatic heterocycles. The molecule has 152 valence electrons. The summed E-state index contributed by atoms with van der Waals surface area (Å²) in [5.74, 6) is -0.0937. The minimum absolute atomic E-state index is 0.0965. The molecule has 7 nitrogen and oxygen atoms in total. The molecule has 29 heavy (non-hydrogen) atoms. The Hall–Kier alpha value is -3.00. The quantitative estimate of drug-likeness (QED) is 0.760. The van der Waals surface area contributed by atoms with E-state index in [9.17, 15) is 14.4 Å². The molecular weight excluding hydrogens is 390 g/mol. The smallest absolute Gasteiger partial charge is 0.286 e. The second-order valence-electron chi connectivity index (χ2n) is 6.85. The average molecular weight is 413 g/mol. The Morgan fingerprint density at radius 2 is 1.83 bits per heavy atom. The van der Waals surface area contributed by atoms with E-state index in [2.05, 4.69) is 5.32 Å². The number of benzene rings is 2. The number of ether oxygens (including phenoxy) is 1. The molecule has 3 amide bonds. The Balaban J connectivity index is 1.69. The van der Waals surface area contributed by atoms with E-state index in [1.807, 2.05) is 6.07 Å². The zero-order valence-electron chi connectivity index (χ0n) is 16.5. The number of rotatable bonds is 5. The fourth-order valence-corrected chi connectivity index (χ4v) is 3.72. The van der Waals surface area contributed by atoms with Crippen molar-refractivity contribution in [1.82, 2.24) is 4.90 Å². The van der Waals surface area contributed by atoms with Gasteiger partial charge in [0.15, 0.2) is 0 Å². The summed E-state index contributed by atoms with van der Waals surface area (Å²) < 4.78 is 5.14. The van der Waals surface area contributed by atoms with E-state index >= 15 is 0 Å². The third-order valence-corrected chi connectivity index (χ3v) is 5.70. The van der Waals surface area contributed by atoms with Gasteiger partial charge in [-0.05, 0) is 48.2 Å². The molecule has 1 fully saturated rings. The van der Waals surface area contributed by atoms with Crippen LogP contribution in [-0.2, 0) is 9.59 Å². The summed E-state index contributed by atoms with van der Waals surface area (Å²) in [6.45, 7) is 0.308. The number of methoxy groups -OCH3 is 1. The maximum atomic E-state index is 12.8. The lowest BCUT2D eigenvalue weighted by molar-refractivity contribution is -0.122. The Morgan fingerprint density at radius 3 is 2.48 bits per heavy atom. The van der Waals surface area contributed by atoms with Gasteiger partial charge in [-0.25, -0.2) is 0 Å². The largest absolute Gasteiger partial charge is 0.497 e. The lowest BCUT2D eigenvalue weighted by atomic mass is 10.1. The monoisotopic (exact) mass is 413 g/mol. The minimum atomic E-state index is -0.466. The number of anilines is 2. The van der Waals surface area contributed by atoms with E-state index < -0.39 is 5.92 Å². The number of thioether (sulfide) groups is 1. The zero-order valence-corrected chi connectivity index (χ0v) is 17.4. The van der Waals surface area contributed by atoms with E-state index in [0.29, 0.717) is 22.9 Å². The van der Waals surface area contributed by atoms with Gasteiger partial charge >= 0.3 is 0 Å². The highest BCUT2D eigenvalue weighted by Crippen LogP contribution is 2.31. The van der Waals surface area contributed by atoms with E-state index in [1.165, 1.54) is 4.90 Å². The first-order valence-corrected chi connectivity index (χ1v) is 9.94. The van der Waals surface area contributed by atoms with E-state index in [0.717, 1.165) is 17.4 Å². The summed E-state index contributed by atoms with van der Waals surface area (Å²) in [4.78, 5) is 41.0. The Labute approximate surface area is 174 Å². The molecule has 8 heteroatoms. The molecule has 3 rings (SSSR count). The van der Waals surface area contributed by atoms with Gasteiger partial charge in [0.2, 0.25) is 11.8 Å². The van der Waals surface area contributed by atoms with Crippen LogP contribution in [-0.4, -0.2) is 49.7 Å². The van der Waals surface area contributed by atoms with Crippen LogP contribution in [0.2, 0.25) is 0 Å². The molecule has 1 aliphatic rings. The predicted octanol–water partition coefficient (Wildman–Crippen LogP) is 3.46. The van der Waals surface area contributed by atoms with Crippen LogP contribution in [0.1, 0.15) is 6.42 Å². The summed E-state index contributed by atoms with van der Waals surface area (Å²) >= 11 is 1.05. The number of carbonyl (C=O) groups is 3. The molecule has 1 heterocycles. The van der Waals surface area contributed by atoms with Gasteiger partial charge in [0.25, 0.3) is 5.24 Å². The SMILES string of the molecule is COc1ccc(N2CC(C(=O)Nc3ccccc3SC(=O)N(C)C)CC2=O)cc1. The number of para-hydroxylation sites is 1. The van der Waals surface area contributed by atoms with E-state index in [4.69, 9.17) is 4.74 Å². The lowest BCUT2D eigenvalue weighted by Gasteiger charge is -2.17. The molecule has 0 saturated carbocycles. The first kappa shape index (κ1) is 20.7. The minimum Gasteiger partial charge on any atom is -0.497 e. The maximum absolute atomic E-state index is 12.8. The van der Waals surface area contributed by atoms with Crippen LogP contribution in [0.5, 0.6) is 5.75 Å². The Kier molecular flexibility index (Phi) is 6.43. The molecule has 0 spiro atoms. The van der Waals surface area contributed by atoms with E-state index in [1.54, 1.807) is 68.6 Å². The van der Waals surface area contributed by atoms with Crippen LogP contribution in [0, 0.1) is 5.92 Å². The van der Waals surface area contributed by atoms with Crippen molar-refractivity contribution in [1.29, 1.82) is 0 Å². The second kappa shape index (κ2) is 9.00. The third kappa shape index (κ3) is 4.89. The zero-order chi connectivity index (χ0) is 21.0. The number of hydrogen-bond donors (Lipinski definition) is 1. The maximum Gasteiger partial charge on any atom is 0.286 e. The van der Waals surface area contributed by atoms with Crippen molar-refractivity contribution in [2.75, 3.05) is 38.0 Å². The molecule has 1 saturated heterocycles. The molecule has 1 aliphatic heterocycles. The van der Waals surface area contributed by atoms with Crippen molar-refractivity contribution in [2.45, 2.75) is 11.3 Å². The van der Waals surface area contributed by atoms with Crippen LogP contribution in [0.4, 0.5) is 16.2 Å². The Bertz CT molecular complexity index is 914. The van der Waals surface area contributed by atoms with Gasteiger partial charge in [-0.2, -0.15) is 0 Å². The molecule has 0 bridgehead atoms. The van der Waals surface area contributed by atoms with Gasteiger partial charge < -0.3 is 19.9 Å². The average Bonchev–Trinajstić information content (AvgIpc) is 3.11. The number of nitrogens with zero attached hydrogens (tertiary/aromatic N) is 2. The normalized spacial score (nSPS) is 15.9. The van der Waals surface area contributed by atoms with Gasteiger partial charge in [0.1, 0.15) is 5.75 Å². The fraction of sp³-hybridized carbons (Fsp3) is 0.286. The van der Waals surface area contributed by atoms with Crippen LogP contribution in [0.3, 0.4) is 0 Å². The van der Waals surface area contributed by atoms with Crippen LogP contribution < -0.4 is 15.0 Å². The standard InChI is InChI=1S/C21H23N3O4S/c1-23(2)21(27)29-18-7-5-4-6-17(18)22-20(26)14-12-19(25)24(13-14)15-8-10-16(28-3)11-9-15/h4-11,14H,12-13H2,1-3H3,(H,22,26). The summed E-state index contributed by atoms with van der Waals surface area (Å²) in [6, 6.07) is 14.3. The number of hydrogen-bond acceptors (Lipinski definition) is 5. The summed E-state index contributed by atoms with van der Waals surface area (Å²) in [6.07, 6.45) is 0.143. The first-order valence-electron chi connectivity index (χ1n) is 9.12. The number of carbonyl (C=O) groups excluding carboxylic acids is 3. The summed E-state index contributed by atoms with van der Waals surface area (Å²) in [5, 5.41) is 2.75. The van der Waals surface area contributed by atoms with Crippen molar-refractivity contribution >= 4 is 40.2 Å². The van der Waals surface area contributed by atoms with Gasteiger partial charge in [-0.1, -0.05) is 12.1 Å². The first-order chi connectivity index (χ1) is 13.9. The highest BCUT2D eigenvalue weighted by Gasteiger charge is 2.35. The van der Waals surface area contributed by atoms with Gasteiger partial charge in [0, 0.05) is 37.6 Å². The van der Waals surface area contributed by atoms with Crippen molar-refractivity contribution in [3.63, 3.8) is 0 Å². The van der Waals surface area contributed by atoms with Gasteiger partial charge in [-0.15, -0.1) is 0 Å². The van der Waals surface area contributed by atoms with E-state index in [-0.39, 0.29) is 23.5 Å². The molecule has 1 N–H and O–H groups in total. The summed E-state index contributed by atoms with van der Waals surface area (Å²) in [5.41, 5.74) is 1.30. The molecule has 0 radical (unpaired) electrons. The third-order valence-electron chi connectivity index (χ3n) is 4.59. The van der Waals surface area contributed by atoms with Crippen LogP contribution in [0.15, 0.2) is 53.4 Å². The number of nitrogens with one attached hydrogen (secondary N) is 1.